The summed E-state index contributed by atoms with van der Waals surface area (Å²) in [5.41, 5.74) is 0.488. The predicted molar refractivity (Wildman–Crippen MR) is 66.0 cm³/mol. The lowest BCUT2D eigenvalue weighted by Crippen LogP contribution is -2.56. The van der Waals surface area contributed by atoms with Gasteiger partial charge in [-0.25, -0.2) is 0 Å². The maximum Gasteiger partial charge on any atom is 0.328 e. The van der Waals surface area contributed by atoms with E-state index in [0.717, 1.165) is 6.61 Å². The van der Waals surface area contributed by atoms with Gasteiger partial charge >= 0.3 is 8.56 Å². The first-order chi connectivity index (χ1) is 6.27. The smallest absolute Gasteiger partial charge is 0.328 e. The van der Waals surface area contributed by atoms with Crippen molar-refractivity contribution in [1.29, 1.82) is 0 Å². The van der Waals surface area contributed by atoms with Crippen LogP contribution in [0.5, 0.6) is 0 Å². The van der Waals surface area contributed by atoms with Crippen molar-refractivity contribution in [3.8, 4) is 0 Å². The van der Waals surface area contributed by atoms with Crippen LogP contribution >= 0.6 is 0 Å². The zero-order chi connectivity index (χ0) is 11.4. The molecule has 1 unspecified atom stereocenters. The van der Waals surface area contributed by atoms with E-state index in [-0.39, 0.29) is 0 Å². The highest BCUT2D eigenvalue weighted by molar-refractivity contribution is 6.81. The van der Waals surface area contributed by atoms with Gasteiger partial charge in [0.2, 0.25) is 0 Å². The van der Waals surface area contributed by atoms with Gasteiger partial charge in [0.25, 0.3) is 8.48 Å². The van der Waals surface area contributed by atoms with Crippen molar-refractivity contribution in [3.05, 3.63) is 0 Å². The van der Waals surface area contributed by atoms with Crippen molar-refractivity contribution >= 4 is 17.0 Å². The van der Waals surface area contributed by atoms with Gasteiger partial charge < -0.3 is 13.5 Å². The SMILES string of the molecule is CCO[Si](C)(O[Si](C)(C)NC)C(C)C. The molecule has 0 heterocycles. The molecule has 0 aromatic heterocycles. The summed E-state index contributed by atoms with van der Waals surface area (Å²) in [6.07, 6.45) is 0. The summed E-state index contributed by atoms with van der Waals surface area (Å²) in [7, 11) is -1.74. The molecule has 0 amide bonds. The summed E-state index contributed by atoms with van der Waals surface area (Å²) >= 11 is 0. The van der Waals surface area contributed by atoms with Crippen molar-refractivity contribution in [2.75, 3.05) is 13.7 Å². The number of hydrogen-bond acceptors (Lipinski definition) is 3. The standard InChI is InChI=1S/C9H25NO2Si2/c1-8-11-14(7,9(2)3)12-13(5,6)10-4/h9-10H,8H2,1-7H3. The molecule has 0 saturated carbocycles. The van der Waals surface area contributed by atoms with Crippen molar-refractivity contribution in [3.63, 3.8) is 0 Å². The summed E-state index contributed by atoms with van der Waals surface area (Å²) in [5, 5.41) is 0. The molecule has 1 N–H and O–H groups in total. The fourth-order valence-corrected chi connectivity index (χ4v) is 7.70. The van der Waals surface area contributed by atoms with Crippen LogP contribution < -0.4 is 4.98 Å². The van der Waals surface area contributed by atoms with Crippen LogP contribution in [0.4, 0.5) is 0 Å². The third-order valence-corrected chi connectivity index (χ3v) is 10.4. The molecule has 1 atom stereocenters. The topological polar surface area (TPSA) is 30.5 Å². The number of rotatable bonds is 6. The molecule has 0 aromatic rings. The molecule has 0 aromatic carbocycles. The summed E-state index contributed by atoms with van der Waals surface area (Å²) in [4.78, 5) is 3.28. The molecule has 0 aliphatic carbocycles. The van der Waals surface area contributed by atoms with E-state index in [0.29, 0.717) is 5.54 Å². The highest BCUT2D eigenvalue weighted by Crippen LogP contribution is 2.25. The van der Waals surface area contributed by atoms with Crippen LogP contribution in [-0.4, -0.2) is 30.7 Å². The van der Waals surface area contributed by atoms with Gasteiger partial charge in [0.05, 0.1) is 0 Å². The maximum absolute atomic E-state index is 6.22. The minimum Gasteiger partial charge on any atom is -0.424 e. The molecular formula is C9H25NO2Si2. The van der Waals surface area contributed by atoms with Crippen LogP contribution in [-0.2, 0) is 8.54 Å². The second kappa shape index (κ2) is 5.41. The molecule has 0 bridgehead atoms. The summed E-state index contributed by atoms with van der Waals surface area (Å²) < 4.78 is 12.1. The van der Waals surface area contributed by atoms with Crippen molar-refractivity contribution in [1.82, 2.24) is 4.98 Å². The summed E-state index contributed by atoms with van der Waals surface area (Å²) in [5.74, 6) is 0. The Morgan fingerprint density at radius 3 is 2.00 bits per heavy atom. The maximum atomic E-state index is 6.22. The predicted octanol–water partition coefficient (Wildman–Crippen LogP) is 2.44. The van der Waals surface area contributed by atoms with E-state index in [1.54, 1.807) is 0 Å². The molecule has 0 aliphatic heterocycles. The number of hydrogen-bond donors (Lipinski definition) is 1. The van der Waals surface area contributed by atoms with Gasteiger partial charge in [0.15, 0.2) is 0 Å². The first-order valence-corrected chi connectivity index (χ1v) is 10.6. The fourth-order valence-electron chi connectivity index (χ4n) is 1.16. The summed E-state index contributed by atoms with van der Waals surface area (Å²) in [6, 6.07) is 0. The highest BCUT2D eigenvalue weighted by Gasteiger charge is 2.41. The molecule has 86 valence electrons. The Labute approximate surface area is 90.6 Å². The van der Waals surface area contributed by atoms with Crippen LogP contribution in [0.25, 0.3) is 0 Å². The van der Waals surface area contributed by atoms with Crippen LogP contribution in [0.1, 0.15) is 20.8 Å². The second-order valence-electron chi connectivity index (χ2n) is 4.47. The lowest BCUT2D eigenvalue weighted by atomic mass is 10.6. The minimum atomic E-state index is -1.98. The van der Waals surface area contributed by atoms with Crippen LogP contribution in [0.3, 0.4) is 0 Å². The van der Waals surface area contributed by atoms with Gasteiger partial charge in [-0.05, 0) is 39.2 Å². The van der Waals surface area contributed by atoms with E-state index < -0.39 is 17.0 Å². The molecule has 0 spiro atoms. The van der Waals surface area contributed by atoms with Gasteiger partial charge in [-0.3, -0.25) is 0 Å². The van der Waals surface area contributed by atoms with E-state index >= 15 is 0 Å². The molecule has 5 heteroatoms. The second-order valence-corrected chi connectivity index (χ2v) is 12.3. The van der Waals surface area contributed by atoms with E-state index in [1.165, 1.54) is 0 Å². The fraction of sp³-hybridized carbons (Fsp3) is 1.00. The average molecular weight is 235 g/mol. The molecule has 0 radical (unpaired) electrons. The van der Waals surface area contributed by atoms with Gasteiger partial charge in [-0.15, -0.1) is 0 Å². The van der Waals surface area contributed by atoms with Crippen LogP contribution in [0.2, 0.25) is 25.2 Å². The molecule has 3 nitrogen and oxygen atoms in total. The van der Waals surface area contributed by atoms with E-state index in [2.05, 4.69) is 38.5 Å². The molecule has 0 fully saturated rings. The van der Waals surface area contributed by atoms with E-state index in [1.807, 2.05) is 14.0 Å². The monoisotopic (exact) mass is 235 g/mol. The molecule has 14 heavy (non-hydrogen) atoms. The Bertz CT molecular complexity index is 176. The van der Waals surface area contributed by atoms with Crippen LogP contribution in [0.15, 0.2) is 0 Å². The van der Waals surface area contributed by atoms with Gasteiger partial charge in [0, 0.05) is 6.61 Å². The lowest BCUT2D eigenvalue weighted by molar-refractivity contribution is 0.244. The molecular weight excluding hydrogens is 210 g/mol. The largest absolute Gasteiger partial charge is 0.424 e. The third kappa shape index (κ3) is 4.23. The molecule has 0 saturated heterocycles. The lowest BCUT2D eigenvalue weighted by Gasteiger charge is -2.37. The zero-order valence-corrected chi connectivity index (χ0v) is 12.6. The highest BCUT2D eigenvalue weighted by atomic mass is 28.4. The Balaban J connectivity index is 4.51. The first-order valence-electron chi connectivity index (χ1n) is 5.30. The Morgan fingerprint density at radius 1 is 1.21 bits per heavy atom. The van der Waals surface area contributed by atoms with Gasteiger partial charge in [0.1, 0.15) is 0 Å². The minimum absolute atomic E-state index is 0.488. The van der Waals surface area contributed by atoms with E-state index in [9.17, 15) is 0 Å². The van der Waals surface area contributed by atoms with E-state index in [4.69, 9.17) is 8.54 Å². The zero-order valence-electron chi connectivity index (χ0n) is 10.6. The van der Waals surface area contributed by atoms with Crippen molar-refractivity contribution in [2.45, 2.75) is 46.0 Å². The van der Waals surface area contributed by atoms with Crippen LogP contribution in [0, 0.1) is 0 Å². The van der Waals surface area contributed by atoms with Gasteiger partial charge in [-0.1, -0.05) is 13.8 Å². The molecule has 0 rings (SSSR count). The summed E-state index contributed by atoms with van der Waals surface area (Å²) in [6.45, 7) is 13.6. The van der Waals surface area contributed by atoms with Gasteiger partial charge in [-0.2, -0.15) is 0 Å². The normalized spacial score (nSPS) is 17.1. The Kier molecular flexibility index (Phi) is 5.53. The van der Waals surface area contributed by atoms with Crippen molar-refractivity contribution in [2.24, 2.45) is 0 Å². The Hall–Kier alpha value is 0.314. The third-order valence-electron chi connectivity index (χ3n) is 2.54. The Morgan fingerprint density at radius 2 is 1.71 bits per heavy atom. The molecule has 0 aliphatic rings. The average Bonchev–Trinajstić information content (AvgIpc) is 2.03. The first kappa shape index (κ1) is 14.3. The van der Waals surface area contributed by atoms with Crippen molar-refractivity contribution < 1.29 is 8.54 Å². The number of nitrogens with one attached hydrogen (secondary N) is 1. The quantitative estimate of drug-likeness (QED) is 0.717.